The Labute approximate surface area is 142 Å². The third-order valence-electron chi connectivity index (χ3n) is 4.14. The third-order valence-corrected chi connectivity index (χ3v) is 4.54. The number of carbonyl (C=O) groups is 1. The van der Waals surface area contributed by atoms with E-state index in [-0.39, 0.29) is 5.91 Å². The van der Waals surface area contributed by atoms with Crippen LogP contribution >= 0.6 is 11.6 Å². The number of carbonyl (C=O) groups excluding carboxylic acids is 1. The van der Waals surface area contributed by atoms with Crippen LogP contribution in [0.15, 0.2) is 23.2 Å². The Morgan fingerprint density at radius 1 is 1.52 bits per heavy atom. The zero-order chi connectivity index (χ0) is 16.8. The van der Waals surface area contributed by atoms with Gasteiger partial charge >= 0.3 is 0 Å². The Morgan fingerprint density at radius 3 is 3.04 bits per heavy atom. The van der Waals surface area contributed by atoms with E-state index in [2.05, 4.69) is 22.1 Å². The first-order valence-electron chi connectivity index (χ1n) is 8.07. The van der Waals surface area contributed by atoms with Gasteiger partial charge in [-0.3, -0.25) is 9.79 Å². The first-order chi connectivity index (χ1) is 11.0. The minimum Gasteiger partial charge on any atom is -0.370 e. The summed E-state index contributed by atoms with van der Waals surface area (Å²) in [4.78, 5) is 18.4. The topological polar surface area (TPSA) is 70.7 Å². The summed E-state index contributed by atoms with van der Waals surface area (Å²) in [6, 6.07) is 5.46. The molecule has 0 aromatic heterocycles. The van der Waals surface area contributed by atoms with Crippen LogP contribution in [0.5, 0.6) is 0 Å². The predicted molar refractivity (Wildman–Crippen MR) is 95.9 cm³/mol. The number of hydrogen-bond acceptors (Lipinski definition) is 2. The van der Waals surface area contributed by atoms with Gasteiger partial charge in [-0.25, -0.2) is 0 Å². The zero-order valence-corrected chi connectivity index (χ0v) is 14.6. The van der Waals surface area contributed by atoms with E-state index in [1.807, 2.05) is 19.1 Å². The molecule has 1 unspecified atom stereocenters. The molecule has 6 heteroatoms. The number of guanidine groups is 1. The van der Waals surface area contributed by atoms with Crippen molar-refractivity contribution in [2.75, 3.05) is 25.0 Å². The van der Waals surface area contributed by atoms with Crippen LogP contribution in [0.25, 0.3) is 0 Å². The van der Waals surface area contributed by atoms with E-state index in [1.54, 1.807) is 6.07 Å². The predicted octanol–water partition coefficient (Wildman–Crippen LogP) is 3.02. The molecule has 1 saturated heterocycles. The van der Waals surface area contributed by atoms with E-state index in [0.29, 0.717) is 29.9 Å². The number of piperidine rings is 1. The summed E-state index contributed by atoms with van der Waals surface area (Å²) in [6.07, 6.45) is 2.69. The number of hydrogen-bond donors (Lipinski definition) is 2. The summed E-state index contributed by atoms with van der Waals surface area (Å²) < 4.78 is 0. The maximum Gasteiger partial charge on any atom is 0.226 e. The van der Waals surface area contributed by atoms with E-state index >= 15 is 0 Å². The molecule has 0 spiro atoms. The molecule has 0 bridgehead atoms. The fourth-order valence-electron chi connectivity index (χ4n) is 2.73. The van der Waals surface area contributed by atoms with Gasteiger partial charge in [-0.1, -0.05) is 24.6 Å². The number of benzene rings is 1. The maximum atomic E-state index is 12.0. The number of nitrogens with zero attached hydrogens (tertiary/aromatic N) is 2. The molecule has 1 fully saturated rings. The number of aliphatic imine (C=N–C) groups is 1. The second kappa shape index (κ2) is 8.20. The molecule has 1 aromatic carbocycles. The van der Waals surface area contributed by atoms with Crippen LogP contribution in [0.1, 0.15) is 31.7 Å². The van der Waals surface area contributed by atoms with Gasteiger partial charge in [0.1, 0.15) is 0 Å². The summed E-state index contributed by atoms with van der Waals surface area (Å²) >= 11 is 6.05. The van der Waals surface area contributed by atoms with E-state index in [1.165, 1.54) is 6.42 Å². The van der Waals surface area contributed by atoms with Gasteiger partial charge in [-0.15, -0.1) is 0 Å². The van der Waals surface area contributed by atoms with Crippen molar-refractivity contribution in [3.8, 4) is 0 Å². The molecule has 1 aromatic rings. The quantitative estimate of drug-likeness (QED) is 0.656. The first kappa shape index (κ1) is 17.6. The highest BCUT2D eigenvalue weighted by atomic mass is 35.5. The van der Waals surface area contributed by atoms with Crippen LogP contribution in [0.4, 0.5) is 5.69 Å². The second-order valence-corrected chi connectivity index (χ2v) is 6.55. The Morgan fingerprint density at radius 2 is 2.30 bits per heavy atom. The lowest BCUT2D eigenvalue weighted by Crippen LogP contribution is -2.43. The largest absolute Gasteiger partial charge is 0.370 e. The van der Waals surface area contributed by atoms with Crippen LogP contribution < -0.4 is 11.1 Å². The highest BCUT2D eigenvalue weighted by molar-refractivity contribution is 6.31. The first-order valence-corrected chi connectivity index (χ1v) is 8.45. The van der Waals surface area contributed by atoms with Crippen molar-refractivity contribution in [1.82, 2.24) is 4.90 Å². The molecule has 1 atom stereocenters. The molecule has 0 radical (unpaired) electrons. The highest BCUT2D eigenvalue weighted by Gasteiger charge is 2.17. The lowest BCUT2D eigenvalue weighted by Gasteiger charge is -2.31. The molecule has 23 heavy (non-hydrogen) atoms. The van der Waals surface area contributed by atoms with E-state index in [4.69, 9.17) is 17.3 Å². The maximum absolute atomic E-state index is 12.0. The van der Waals surface area contributed by atoms with Gasteiger partial charge < -0.3 is 16.0 Å². The zero-order valence-electron chi connectivity index (χ0n) is 13.8. The molecule has 1 aliphatic heterocycles. The second-order valence-electron chi connectivity index (χ2n) is 6.14. The molecule has 126 valence electrons. The average molecular weight is 337 g/mol. The fraction of sp³-hybridized carbons (Fsp3) is 0.529. The smallest absolute Gasteiger partial charge is 0.226 e. The monoisotopic (exact) mass is 336 g/mol. The number of anilines is 1. The molecule has 1 heterocycles. The SMILES string of the molecule is Cc1c(Cl)cccc1NC(=O)CCN=C(N)N1CCCC(C)C1. The normalized spacial score (nSPS) is 18.8. The van der Waals surface area contributed by atoms with Gasteiger partial charge in [0.25, 0.3) is 0 Å². The number of halogens is 1. The summed E-state index contributed by atoms with van der Waals surface area (Å²) in [5, 5.41) is 3.51. The van der Waals surface area contributed by atoms with Crippen LogP contribution in [0, 0.1) is 12.8 Å². The standard InChI is InChI=1S/C17H25ClN4O/c1-12-5-4-10-22(11-12)17(19)20-9-8-16(23)21-15-7-3-6-14(18)13(15)2/h3,6-7,12H,4-5,8-11H2,1-2H3,(H2,19,20)(H,21,23). The number of nitrogens with one attached hydrogen (secondary N) is 1. The molecular weight excluding hydrogens is 312 g/mol. The summed E-state index contributed by atoms with van der Waals surface area (Å²) in [7, 11) is 0. The lowest BCUT2D eigenvalue weighted by atomic mass is 10.0. The number of nitrogens with two attached hydrogens (primary N) is 1. The van der Waals surface area contributed by atoms with Crippen molar-refractivity contribution in [1.29, 1.82) is 0 Å². The van der Waals surface area contributed by atoms with Crippen LogP contribution in [-0.2, 0) is 4.79 Å². The summed E-state index contributed by atoms with van der Waals surface area (Å²) in [5.41, 5.74) is 7.63. The molecular formula is C17H25ClN4O. The van der Waals surface area contributed by atoms with Crippen LogP contribution in [0.3, 0.4) is 0 Å². The van der Waals surface area contributed by atoms with Gasteiger partial charge in [0, 0.05) is 30.2 Å². The average Bonchev–Trinajstić information content (AvgIpc) is 2.52. The number of amides is 1. The van der Waals surface area contributed by atoms with E-state index < -0.39 is 0 Å². The minimum absolute atomic E-state index is 0.0843. The molecule has 2 rings (SSSR count). The Bertz CT molecular complexity index is 588. The van der Waals surface area contributed by atoms with Crippen LogP contribution in [-0.4, -0.2) is 36.4 Å². The van der Waals surface area contributed by atoms with E-state index in [0.717, 1.165) is 30.8 Å². The summed E-state index contributed by atoms with van der Waals surface area (Å²) in [5.74, 6) is 1.11. The molecule has 0 saturated carbocycles. The molecule has 0 aliphatic carbocycles. The van der Waals surface area contributed by atoms with Crippen molar-refractivity contribution in [2.45, 2.75) is 33.1 Å². The van der Waals surface area contributed by atoms with E-state index in [9.17, 15) is 4.79 Å². The van der Waals surface area contributed by atoms with Crippen molar-refractivity contribution in [3.05, 3.63) is 28.8 Å². The molecule has 1 aliphatic rings. The molecule has 5 nitrogen and oxygen atoms in total. The van der Waals surface area contributed by atoms with Crippen LogP contribution in [0.2, 0.25) is 5.02 Å². The fourth-order valence-corrected chi connectivity index (χ4v) is 2.90. The van der Waals surface area contributed by atoms with Crippen molar-refractivity contribution in [3.63, 3.8) is 0 Å². The summed E-state index contributed by atoms with van der Waals surface area (Å²) in [6.45, 7) is 6.39. The molecule has 3 N–H and O–H groups in total. The number of rotatable bonds is 4. The van der Waals surface area contributed by atoms with Crippen molar-refractivity contribution < 1.29 is 4.79 Å². The van der Waals surface area contributed by atoms with Crippen molar-refractivity contribution >= 4 is 29.2 Å². The number of likely N-dealkylation sites (tertiary alicyclic amines) is 1. The van der Waals surface area contributed by atoms with Gasteiger partial charge in [-0.2, -0.15) is 0 Å². The Kier molecular flexibility index (Phi) is 6.28. The molecule has 1 amide bonds. The lowest BCUT2D eigenvalue weighted by molar-refractivity contribution is -0.116. The van der Waals surface area contributed by atoms with Gasteiger partial charge in [0.15, 0.2) is 5.96 Å². The van der Waals surface area contributed by atoms with Gasteiger partial charge in [0.2, 0.25) is 5.91 Å². The Balaban J connectivity index is 1.82. The highest BCUT2D eigenvalue weighted by Crippen LogP contribution is 2.23. The van der Waals surface area contributed by atoms with Gasteiger partial charge in [0.05, 0.1) is 6.54 Å². The Hall–Kier alpha value is -1.75. The minimum atomic E-state index is -0.0843. The van der Waals surface area contributed by atoms with Crippen molar-refractivity contribution in [2.24, 2.45) is 16.6 Å². The van der Waals surface area contributed by atoms with Gasteiger partial charge in [-0.05, 0) is 43.4 Å². The third kappa shape index (κ3) is 5.13.